The molecule has 5 heavy (non-hydrogen) atoms. The first kappa shape index (κ1) is 2.83. The highest BCUT2D eigenvalue weighted by atomic mass is 31.1. The molecule has 4 heteroatoms. The van der Waals surface area contributed by atoms with Crippen LogP contribution in [0.15, 0.2) is 4.76 Å². The van der Waals surface area contributed by atoms with Crippen LogP contribution in [0, 0.1) is 0 Å². The summed E-state index contributed by atoms with van der Waals surface area (Å²) in [6.07, 6.45) is 0.987. The third-order valence-corrected chi connectivity index (χ3v) is 0.274. The van der Waals surface area contributed by atoms with E-state index in [1.54, 1.807) is 0 Å². The Morgan fingerprint density at radius 3 is 2.80 bits per heavy atom. The number of isocyanates is 1. The fourth-order valence-corrected chi connectivity index (χ4v) is 0.0559. The molecule has 1 atom stereocenters. The highest BCUT2D eigenvalue weighted by Crippen LogP contribution is 1.84. The number of rotatable bonds is 1. The van der Waals surface area contributed by atoms with Crippen molar-refractivity contribution in [1.82, 2.24) is 0 Å². The molecule has 0 bridgehead atoms. The predicted molar refractivity (Wildman–Crippen MR) is 18.5 cm³/mol. The van der Waals surface area contributed by atoms with E-state index in [1.165, 1.54) is 0 Å². The van der Waals surface area contributed by atoms with E-state index >= 15 is 0 Å². The summed E-state index contributed by atoms with van der Waals surface area (Å²) in [6.45, 7) is 0. The van der Waals surface area contributed by atoms with Crippen molar-refractivity contribution in [3.8, 4) is 0 Å². The van der Waals surface area contributed by atoms with Crippen molar-refractivity contribution in [3.05, 3.63) is 0 Å². The van der Waals surface area contributed by atoms with E-state index in [9.17, 15) is 4.57 Å². The van der Waals surface area contributed by atoms with Gasteiger partial charge in [-0.25, -0.2) is 4.79 Å². The molecular formula is CH2NO2P. The van der Waals surface area contributed by atoms with Crippen molar-refractivity contribution >= 4 is 14.6 Å². The topological polar surface area (TPSA) is 46.5 Å². The minimum absolute atomic E-state index is 0.987. The maximum absolute atomic E-state index is 9.47. The van der Waals surface area contributed by atoms with Crippen molar-refractivity contribution in [2.75, 3.05) is 0 Å². The van der Waals surface area contributed by atoms with Crippen molar-refractivity contribution in [3.63, 3.8) is 0 Å². The number of carbonyl (C=O) groups excluding carboxylic acids is 1. The summed E-state index contributed by atoms with van der Waals surface area (Å²) in [7, 11) is -2.68. The van der Waals surface area contributed by atoms with Gasteiger partial charge in [0.1, 0.15) is 1.28 Å². The van der Waals surface area contributed by atoms with Gasteiger partial charge in [-0.3, -0.25) is 0 Å². The zero-order valence-electron chi connectivity index (χ0n) is 3.26. The molecule has 0 aliphatic rings. The maximum Gasteiger partial charge on any atom is 0.241 e. The molecule has 0 heterocycles. The van der Waals surface area contributed by atoms with Gasteiger partial charge in [-0.05, 0) is 0 Å². The Kier molecular flexibility index (Phi) is 2.04. The van der Waals surface area contributed by atoms with Crippen LogP contribution in [-0.2, 0) is 9.36 Å². The van der Waals surface area contributed by atoms with E-state index in [4.69, 9.17) is 6.07 Å². The van der Waals surface area contributed by atoms with E-state index in [1.807, 2.05) is 0 Å². The lowest BCUT2D eigenvalue weighted by Crippen LogP contribution is -1.28. The monoisotopic (exact) mass is 92.0 g/mol. The molecule has 0 aliphatic carbocycles. The fourth-order valence-electron chi connectivity index (χ4n) is 0.0186. The lowest BCUT2D eigenvalue weighted by Gasteiger charge is -1.42. The molecule has 0 amide bonds. The van der Waals surface area contributed by atoms with Crippen LogP contribution in [0.25, 0.3) is 0 Å². The smallest absolute Gasteiger partial charge is 0.241 e. The Hall–Kier alpha value is -0.390. The van der Waals surface area contributed by atoms with Gasteiger partial charge in [0.2, 0.25) is 6.08 Å². The summed E-state index contributed by atoms with van der Waals surface area (Å²) < 4.78 is 18.1. The zero-order valence-corrected chi connectivity index (χ0v) is 3.26. The van der Waals surface area contributed by atoms with Gasteiger partial charge in [0.05, 0.1) is 0 Å². The van der Waals surface area contributed by atoms with E-state index in [-0.39, 0.29) is 0 Å². The molecule has 0 aromatic carbocycles. The quantitative estimate of drug-likeness (QED) is 0.259. The molecule has 0 radical (unpaired) electrons. The van der Waals surface area contributed by atoms with Crippen molar-refractivity contribution < 1.29 is 9.36 Å². The van der Waals surface area contributed by atoms with Gasteiger partial charge in [0.25, 0.3) is 0 Å². The van der Waals surface area contributed by atoms with E-state index in [0.717, 1.165) is 6.08 Å². The first-order chi connectivity index (χ1) is 2.77. The molecule has 0 saturated heterocycles. The van der Waals surface area contributed by atoms with Crippen LogP contribution in [0.1, 0.15) is 0 Å². The fraction of sp³-hybridized carbons (Fsp3) is 0. The molecule has 28 valence electrons. The molecule has 0 spiro atoms. The Labute approximate surface area is 31.3 Å². The molecule has 1 unspecified atom stereocenters. The normalized spacial score (nSPS) is 14.8. The van der Waals surface area contributed by atoms with E-state index in [2.05, 4.69) is 4.76 Å². The second-order valence-corrected chi connectivity index (χ2v) is 0.701. The number of hydrogen-bond acceptors (Lipinski definition) is 2. The van der Waals surface area contributed by atoms with Gasteiger partial charge in [-0.15, -0.1) is 4.76 Å². The Morgan fingerprint density at radius 2 is 2.80 bits per heavy atom. The number of hydrogen-bond donors (Lipinski definition) is 0. The third kappa shape index (κ3) is 3.61. The lowest BCUT2D eigenvalue weighted by atomic mass is 11.7. The average Bonchev–Trinajstić information content (AvgIpc) is 1.35. The van der Waals surface area contributed by atoms with Crippen molar-refractivity contribution in [1.29, 1.82) is 1.28 Å². The zero-order chi connectivity index (χ0) is 4.99. The van der Waals surface area contributed by atoms with Crippen molar-refractivity contribution in [2.45, 2.75) is 0 Å². The SMILES string of the molecule is [2H][PH](=O)N=C=O. The Bertz CT molecular complexity index is 106. The molecule has 3 nitrogen and oxygen atoms in total. The summed E-state index contributed by atoms with van der Waals surface area (Å²) in [5.74, 6) is 0. The molecule has 0 aromatic heterocycles. The van der Waals surface area contributed by atoms with Gasteiger partial charge >= 0.3 is 0 Å². The summed E-state index contributed by atoms with van der Waals surface area (Å²) >= 11 is 0. The van der Waals surface area contributed by atoms with Crippen LogP contribution >= 0.6 is 8.56 Å². The molecular weight excluding hydrogens is 89.0 g/mol. The second-order valence-electron chi connectivity index (χ2n) is 0.294. The van der Waals surface area contributed by atoms with Gasteiger partial charge < -0.3 is 4.57 Å². The van der Waals surface area contributed by atoms with Crippen molar-refractivity contribution in [2.24, 2.45) is 4.76 Å². The molecule has 0 fully saturated rings. The van der Waals surface area contributed by atoms with Crippen LogP contribution in [-0.4, -0.2) is 7.36 Å². The molecule has 0 N–H and O–H groups in total. The summed E-state index contributed by atoms with van der Waals surface area (Å²) in [5, 5.41) is 0. The van der Waals surface area contributed by atoms with Crippen LogP contribution in [0.5, 0.6) is 0 Å². The highest BCUT2D eigenvalue weighted by molar-refractivity contribution is 7.22. The van der Waals surface area contributed by atoms with Gasteiger partial charge in [-0.1, -0.05) is 0 Å². The lowest BCUT2D eigenvalue weighted by molar-refractivity contribution is 0.565. The standard InChI is InChI=1S/CH2NO2P/c3-1-2-5-4/h5H2/i5D. The van der Waals surface area contributed by atoms with E-state index in [0.29, 0.717) is 0 Å². The van der Waals surface area contributed by atoms with Gasteiger partial charge in [0.15, 0.2) is 8.56 Å². The first-order valence-corrected chi connectivity index (χ1v) is 1.71. The molecule has 0 aromatic rings. The largest absolute Gasteiger partial charge is 0.304 e. The Balaban J connectivity index is 3.60. The van der Waals surface area contributed by atoms with Gasteiger partial charge in [0, 0.05) is 0 Å². The molecule has 0 saturated carbocycles. The minimum atomic E-state index is -2.68. The van der Waals surface area contributed by atoms with Crippen LogP contribution < -0.4 is 0 Å². The summed E-state index contributed by atoms with van der Waals surface area (Å²) in [6, 6.07) is 0. The Morgan fingerprint density at radius 1 is 2.20 bits per heavy atom. The predicted octanol–water partition coefficient (Wildman–Crippen LogP) is -0.00650. The van der Waals surface area contributed by atoms with Crippen LogP contribution in [0.3, 0.4) is 0 Å². The maximum atomic E-state index is 9.47. The summed E-state index contributed by atoms with van der Waals surface area (Å²) in [4.78, 5) is 9.03. The van der Waals surface area contributed by atoms with Gasteiger partial charge in [-0.2, -0.15) is 0 Å². The third-order valence-electron chi connectivity index (χ3n) is 0.0913. The van der Waals surface area contributed by atoms with Crippen LogP contribution in [0.4, 0.5) is 0 Å². The van der Waals surface area contributed by atoms with Crippen LogP contribution in [0.2, 0.25) is 0 Å². The van der Waals surface area contributed by atoms with E-state index < -0.39 is 8.56 Å². The number of nitrogens with zero attached hydrogens (tertiary/aromatic N) is 1. The highest BCUT2D eigenvalue weighted by Gasteiger charge is 1.44. The summed E-state index contributed by atoms with van der Waals surface area (Å²) in [5.41, 5.74) is 0. The molecule has 0 aliphatic heterocycles. The first-order valence-electron chi connectivity index (χ1n) is 1.36. The second kappa shape index (κ2) is 3.61. The minimum Gasteiger partial charge on any atom is -0.304 e. The average molecular weight is 92.0 g/mol. The molecule has 0 rings (SSSR count).